The molecule has 0 radical (unpaired) electrons. The Hall–Kier alpha value is -2.04. The van der Waals surface area contributed by atoms with Gasteiger partial charge in [-0.3, -0.25) is 9.78 Å². The minimum atomic E-state index is -0.471. The Bertz CT molecular complexity index is 582. The highest BCUT2D eigenvalue weighted by Gasteiger charge is 2.06. The van der Waals surface area contributed by atoms with Crippen LogP contribution in [-0.2, 0) is 4.79 Å². The second-order valence-electron chi connectivity index (χ2n) is 3.75. The van der Waals surface area contributed by atoms with E-state index >= 15 is 0 Å². The molecule has 0 spiro atoms. The molecule has 16 heavy (non-hydrogen) atoms. The zero-order chi connectivity index (χ0) is 11.7. The molecule has 0 aliphatic carbocycles. The Balaban J connectivity index is 2.38. The summed E-state index contributed by atoms with van der Waals surface area (Å²) in [5.41, 5.74) is 1.99. The fraction of sp³-hybridized carbons (Fsp3) is 0.273. The lowest BCUT2D eigenvalue weighted by Gasteiger charge is -2.16. The van der Waals surface area contributed by atoms with Gasteiger partial charge in [0.15, 0.2) is 5.58 Å². The van der Waals surface area contributed by atoms with E-state index in [0.29, 0.717) is 17.6 Å². The van der Waals surface area contributed by atoms with Crippen LogP contribution in [0.5, 0.6) is 0 Å². The molecule has 1 N–H and O–H groups in total. The summed E-state index contributed by atoms with van der Waals surface area (Å²) in [7, 11) is 1.81. The minimum Gasteiger partial charge on any atom is -0.408 e. The van der Waals surface area contributed by atoms with E-state index in [9.17, 15) is 9.59 Å². The number of carbonyl (C=O) groups excluding carboxylic acids is 1. The number of anilines is 1. The van der Waals surface area contributed by atoms with Crippen LogP contribution < -0.4 is 10.7 Å². The fourth-order valence-corrected chi connectivity index (χ4v) is 1.60. The summed E-state index contributed by atoms with van der Waals surface area (Å²) in [6, 6.07) is 5.32. The molecule has 5 nitrogen and oxygen atoms in total. The molecule has 1 aromatic heterocycles. The van der Waals surface area contributed by atoms with Crippen LogP contribution in [0, 0.1) is 0 Å². The van der Waals surface area contributed by atoms with Crippen molar-refractivity contribution in [3.8, 4) is 0 Å². The van der Waals surface area contributed by atoms with Gasteiger partial charge in [0.05, 0.1) is 12.1 Å². The highest BCUT2D eigenvalue weighted by atomic mass is 16.4. The molecule has 2 aromatic rings. The topological polar surface area (TPSA) is 66.3 Å². The van der Waals surface area contributed by atoms with Crippen molar-refractivity contribution >= 4 is 22.6 Å². The van der Waals surface area contributed by atoms with Gasteiger partial charge in [-0.15, -0.1) is 0 Å². The summed E-state index contributed by atoms with van der Waals surface area (Å²) in [6.07, 6.45) is 0. The highest BCUT2D eigenvalue weighted by molar-refractivity contribution is 5.82. The Morgan fingerprint density at radius 3 is 2.94 bits per heavy atom. The predicted molar refractivity (Wildman–Crippen MR) is 60.8 cm³/mol. The molecule has 0 saturated heterocycles. The molecule has 0 aliphatic heterocycles. The van der Waals surface area contributed by atoms with Gasteiger partial charge in [-0.05, 0) is 19.1 Å². The van der Waals surface area contributed by atoms with E-state index in [4.69, 9.17) is 4.42 Å². The van der Waals surface area contributed by atoms with Crippen LogP contribution in [0.3, 0.4) is 0 Å². The van der Waals surface area contributed by atoms with Crippen LogP contribution >= 0.6 is 0 Å². The summed E-state index contributed by atoms with van der Waals surface area (Å²) in [4.78, 5) is 26.3. The number of likely N-dealkylation sites (N-methyl/N-ethyl adjacent to an activating group) is 1. The molecule has 84 valence electrons. The van der Waals surface area contributed by atoms with Gasteiger partial charge in [-0.1, -0.05) is 0 Å². The molecular weight excluding hydrogens is 208 g/mol. The first-order chi connectivity index (χ1) is 7.56. The van der Waals surface area contributed by atoms with Crippen molar-refractivity contribution in [2.24, 2.45) is 0 Å². The Morgan fingerprint density at radius 2 is 2.25 bits per heavy atom. The summed E-state index contributed by atoms with van der Waals surface area (Å²) in [5.74, 6) is -0.389. The number of Topliss-reactive ketones (excluding diaryl/α,β-unsaturated/α-hetero) is 1. The quantitative estimate of drug-likeness (QED) is 0.842. The van der Waals surface area contributed by atoms with Gasteiger partial charge in [0, 0.05) is 18.8 Å². The lowest BCUT2D eigenvalue weighted by Crippen LogP contribution is -2.23. The van der Waals surface area contributed by atoms with E-state index in [-0.39, 0.29) is 5.78 Å². The number of rotatable bonds is 3. The Kier molecular flexibility index (Phi) is 2.52. The van der Waals surface area contributed by atoms with Crippen LogP contribution in [-0.4, -0.2) is 24.4 Å². The van der Waals surface area contributed by atoms with Crippen molar-refractivity contribution in [3.05, 3.63) is 28.7 Å². The molecular formula is C11H12N2O3. The molecule has 0 fully saturated rings. The third kappa shape index (κ3) is 1.98. The zero-order valence-electron chi connectivity index (χ0n) is 9.11. The number of benzene rings is 1. The van der Waals surface area contributed by atoms with Gasteiger partial charge in [0.1, 0.15) is 5.78 Å². The smallest absolute Gasteiger partial charge is 0.408 e. The van der Waals surface area contributed by atoms with Crippen LogP contribution in [0.2, 0.25) is 0 Å². The third-order valence-corrected chi connectivity index (χ3v) is 2.31. The van der Waals surface area contributed by atoms with Gasteiger partial charge >= 0.3 is 5.76 Å². The monoisotopic (exact) mass is 220 g/mol. The first-order valence-electron chi connectivity index (χ1n) is 4.90. The standard InChI is InChI=1S/C11H12N2O3/c1-7(14)6-13(2)8-3-4-9-10(5-8)16-11(15)12-9/h3-5H,6H2,1-2H3,(H,12,15). The average Bonchev–Trinajstić information content (AvgIpc) is 2.55. The van der Waals surface area contributed by atoms with Crippen molar-refractivity contribution in [1.82, 2.24) is 4.98 Å². The van der Waals surface area contributed by atoms with Crippen molar-refractivity contribution in [3.63, 3.8) is 0 Å². The number of H-pyrrole nitrogens is 1. The summed E-state index contributed by atoms with van der Waals surface area (Å²) in [6.45, 7) is 1.87. The number of hydrogen-bond acceptors (Lipinski definition) is 4. The van der Waals surface area contributed by atoms with Crippen LogP contribution in [0.4, 0.5) is 5.69 Å². The molecule has 5 heteroatoms. The molecule has 0 unspecified atom stereocenters. The van der Waals surface area contributed by atoms with E-state index < -0.39 is 5.76 Å². The number of oxazole rings is 1. The number of hydrogen-bond donors (Lipinski definition) is 1. The number of nitrogens with one attached hydrogen (secondary N) is 1. The number of nitrogens with zero attached hydrogens (tertiary/aromatic N) is 1. The number of aromatic amines is 1. The maximum atomic E-state index is 11.0. The largest absolute Gasteiger partial charge is 0.417 e. The van der Waals surface area contributed by atoms with Gasteiger partial charge in [-0.25, -0.2) is 4.79 Å². The van der Waals surface area contributed by atoms with Crippen molar-refractivity contribution in [2.45, 2.75) is 6.92 Å². The molecule has 0 bridgehead atoms. The highest BCUT2D eigenvalue weighted by Crippen LogP contribution is 2.18. The third-order valence-electron chi connectivity index (χ3n) is 2.31. The number of fused-ring (bicyclic) bond motifs is 1. The molecule has 1 aromatic carbocycles. The first-order valence-corrected chi connectivity index (χ1v) is 4.90. The number of aromatic nitrogens is 1. The summed E-state index contributed by atoms with van der Waals surface area (Å²) >= 11 is 0. The lowest BCUT2D eigenvalue weighted by atomic mass is 10.2. The summed E-state index contributed by atoms with van der Waals surface area (Å²) in [5, 5.41) is 0. The molecule has 0 saturated carbocycles. The van der Waals surface area contributed by atoms with E-state index in [0.717, 1.165) is 5.69 Å². The van der Waals surface area contributed by atoms with Gasteiger partial charge < -0.3 is 9.32 Å². The Labute approximate surface area is 91.7 Å². The molecule has 1 heterocycles. The molecule has 0 atom stereocenters. The van der Waals surface area contributed by atoms with Gasteiger partial charge in [0.2, 0.25) is 0 Å². The fourth-order valence-electron chi connectivity index (χ4n) is 1.60. The van der Waals surface area contributed by atoms with Gasteiger partial charge in [-0.2, -0.15) is 0 Å². The van der Waals surface area contributed by atoms with Gasteiger partial charge in [0.25, 0.3) is 0 Å². The number of carbonyl (C=O) groups is 1. The normalized spacial score (nSPS) is 10.6. The Morgan fingerprint density at radius 1 is 1.50 bits per heavy atom. The van der Waals surface area contributed by atoms with Crippen LogP contribution in [0.25, 0.3) is 11.1 Å². The minimum absolute atomic E-state index is 0.0816. The molecule has 0 amide bonds. The maximum Gasteiger partial charge on any atom is 0.417 e. The SMILES string of the molecule is CC(=O)CN(C)c1ccc2[nH]c(=O)oc2c1. The summed E-state index contributed by atoms with van der Waals surface area (Å²) < 4.78 is 4.94. The van der Waals surface area contributed by atoms with Crippen molar-refractivity contribution in [1.29, 1.82) is 0 Å². The number of ketones is 1. The first kappa shape index (κ1) is 10.5. The van der Waals surface area contributed by atoms with E-state index in [1.165, 1.54) is 6.92 Å². The van der Waals surface area contributed by atoms with Crippen molar-refractivity contribution in [2.75, 3.05) is 18.5 Å². The maximum absolute atomic E-state index is 11.0. The van der Waals surface area contributed by atoms with Crippen LogP contribution in [0.15, 0.2) is 27.4 Å². The molecule has 2 rings (SSSR count). The lowest BCUT2D eigenvalue weighted by molar-refractivity contribution is -0.115. The van der Waals surface area contributed by atoms with E-state index in [1.807, 2.05) is 13.1 Å². The average molecular weight is 220 g/mol. The second kappa shape index (κ2) is 3.84. The molecule has 0 aliphatic rings. The van der Waals surface area contributed by atoms with Crippen LogP contribution in [0.1, 0.15) is 6.92 Å². The van der Waals surface area contributed by atoms with E-state index in [1.54, 1.807) is 17.0 Å². The second-order valence-corrected chi connectivity index (χ2v) is 3.75. The van der Waals surface area contributed by atoms with E-state index in [2.05, 4.69) is 4.98 Å². The predicted octanol–water partition coefficient (Wildman–Crippen LogP) is 1.15. The van der Waals surface area contributed by atoms with Crippen molar-refractivity contribution < 1.29 is 9.21 Å². The zero-order valence-corrected chi connectivity index (χ0v) is 9.11.